The largest absolute Gasteiger partial charge is 0.493 e. The van der Waals surface area contributed by atoms with Crippen molar-refractivity contribution in [2.45, 2.75) is 39.5 Å². The Morgan fingerprint density at radius 3 is 2.36 bits per heavy atom. The number of aromatic nitrogens is 5. The van der Waals surface area contributed by atoms with E-state index in [1.807, 2.05) is 35.0 Å². The van der Waals surface area contributed by atoms with Crippen molar-refractivity contribution in [1.82, 2.24) is 30.1 Å². The van der Waals surface area contributed by atoms with Gasteiger partial charge in [-0.1, -0.05) is 60.2 Å². The van der Waals surface area contributed by atoms with E-state index in [9.17, 15) is 4.79 Å². The summed E-state index contributed by atoms with van der Waals surface area (Å²) >= 11 is 0. The van der Waals surface area contributed by atoms with E-state index >= 15 is 0 Å². The Kier molecular flexibility index (Phi) is 7.98. The number of aryl methyl sites for hydroxylation is 3. The first-order valence-corrected chi connectivity index (χ1v) is 12.9. The smallest absolute Gasteiger partial charge is 0.252 e. The number of methoxy groups -OCH3 is 2. The molecule has 0 spiro atoms. The average Bonchev–Trinajstić information content (AvgIpc) is 3.40. The summed E-state index contributed by atoms with van der Waals surface area (Å²) in [4.78, 5) is 18.3. The van der Waals surface area contributed by atoms with Gasteiger partial charge in [-0.05, 0) is 47.0 Å². The van der Waals surface area contributed by atoms with Gasteiger partial charge in [0.15, 0.2) is 17.3 Å². The molecule has 1 N–H and O–H groups in total. The maximum Gasteiger partial charge on any atom is 0.252 e. The van der Waals surface area contributed by atoms with Crippen molar-refractivity contribution in [3.63, 3.8) is 0 Å². The van der Waals surface area contributed by atoms with E-state index in [2.05, 4.69) is 68.7 Å². The second-order valence-corrected chi connectivity index (χ2v) is 9.60. The van der Waals surface area contributed by atoms with Crippen molar-refractivity contribution in [1.29, 1.82) is 0 Å². The highest BCUT2D eigenvalue weighted by Crippen LogP contribution is 2.31. The van der Waals surface area contributed by atoms with Gasteiger partial charge in [-0.15, -0.1) is 5.10 Å². The minimum absolute atomic E-state index is 0.146. The number of hydrogen-bond donors (Lipinski definition) is 1. The molecule has 0 amide bonds. The van der Waals surface area contributed by atoms with Gasteiger partial charge in [0.1, 0.15) is 0 Å². The minimum Gasteiger partial charge on any atom is -0.493 e. The summed E-state index contributed by atoms with van der Waals surface area (Å²) in [5, 5.41) is 13.4. The number of hydrogen-bond acceptors (Lipinski definition) is 7. The first-order chi connectivity index (χ1) is 19.0. The van der Waals surface area contributed by atoms with Gasteiger partial charge < -0.3 is 14.5 Å². The molecule has 3 aromatic carbocycles. The second-order valence-electron chi connectivity index (χ2n) is 9.60. The fourth-order valence-electron chi connectivity index (χ4n) is 4.65. The van der Waals surface area contributed by atoms with E-state index in [1.54, 1.807) is 20.3 Å². The zero-order chi connectivity index (χ0) is 27.2. The van der Waals surface area contributed by atoms with Crippen molar-refractivity contribution in [2.24, 2.45) is 0 Å². The van der Waals surface area contributed by atoms with E-state index in [-0.39, 0.29) is 5.56 Å². The predicted octanol–water partition coefficient (Wildman–Crippen LogP) is 4.29. The molecular weight excluding hydrogens is 492 g/mol. The van der Waals surface area contributed by atoms with Crippen LogP contribution in [0.15, 0.2) is 77.6 Å². The van der Waals surface area contributed by atoms with Gasteiger partial charge >= 0.3 is 0 Å². The van der Waals surface area contributed by atoms with Crippen LogP contribution in [0.2, 0.25) is 0 Å². The molecular formula is C30H32N6O3. The zero-order valence-corrected chi connectivity index (χ0v) is 22.4. The molecule has 0 fully saturated rings. The lowest BCUT2D eigenvalue weighted by molar-refractivity contribution is 0.235. The maximum absolute atomic E-state index is 13.1. The highest BCUT2D eigenvalue weighted by Gasteiger charge is 2.17. The summed E-state index contributed by atoms with van der Waals surface area (Å²) in [6.07, 6.45) is 0.826. The van der Waals surface area contributed by atoms with E-state index in [0.29, 0.717) is 48.8 Å². The SMILES string of the molecule is COc1cc2cc(CN(Cc3ccc(C)cc3)Cc3nnnn3CCc3ccccc3)c(=O)[nH]c2cc1OC. The fourth-order valence-corrected chi connectivity index (χ4v) is 4.65. The van der Waals surface area contributed by atoms with Gasteiger partial charge in [-0.25, -0.2) is 4.68 Å². The molecule has 0 radical (unpaired) electrons. The van der Waals surface area contributed by atoms with Crippen LogP contribution in [-0.2, 0) is 32.6 Å². The fraction of sp³-hybridized carbons (Fsp3) is 0.267. The number of H-pyrrole nitrogens is 1. The van der Waals surface area contributed by atoms with Crippen LogP contribution in [0.5, 0.6) is 11.5 Å². The highest BCUT2D eigenvalue weighted by atomic mass is 16.5. The molecule has 5 rings (SSSR count). The van der Waals surface area contributed by atoms with Crippen molar-refractivity contribution < 1.29 is 9.47 Å². The second kappa shape index (κ2) is 11.9. The Hall–Kier alpha value is -4.50. The first kappa shape index (κ1) is 26.1. The molecule has 0 atom stereocenters. The van der Waals surface area contributed by atoms with Gasteiger partial charge in [-0.3, -0.25) is 9.69 Å². The van der Waals surface area contributed by atoms with Crippen LogP contribution >= 0.6 is 0 Å². The van der Waals surface area contributed by atoms with Crippen LogP contribution in [0.1, 0.15) is 28.1 Å². The van der Waals surface area contributed by atoms with Crippen molar-refractivity contribution in [3.8, 4) is 11.5 Å². The number of nitrogens with one attached hydrogen (secondary N) is 1. The molecule has 9 heteroatoms. The normalized spacial score (nSPS) is 11.3. The van der Waals surface area contributed by atoms with Crippen molar-refractivity contribution >= 4 is 10.9 Å². The molecule has 0 bridgehead atoms. The summed E-state index contributed by atoms with van der Waals surface area (Å²) < 4.78 is 12.7. The third-order valence-electron chi connectivity index (χ3n) is 6.77. The van der Waals surface area contributed by atoms with Crippen molar-refractivity contribution in [3.05, 3.63) is 111 Å². The summed E-state index contributed by atoms with van der Waals surface area (Å²) in [5.74, 6) is 1.93. The molecule has 0 saturated carbocycles. The Morgan fingerprint density at radius 2 is 1.62 bits per heavy atom. The number of ether oxygens (including phenoxy) is 2. The molecule has 5 aromatic rings. The van der Waals surface area contributed by atoms with Gasteiger partial charge in [0.05, 0.1) is 26.3 Å². The van der Waals surface area contributed by atoms with Crippen LogP contribution in [-0.4, -0.2) is 44.3 Å². The van der Waals surface area contributed by atoms with Crippen LogP contribution in [0.3, 0.4) is 0 Å². The molecule has 200 valence electrons. The first-order valence-electron chi connectivity index (χ1n) is 12.9. The topological polar surface area (TPSA) is 98.2 Å². The summed E-state index contributed by atoms with van der Waals surface area (Å²) in [6, 6.07) is 24.3. The van der Waals surface area contributed by atoms with Gasteiger partial charge in [0.25, 0.3) is 5.56 Å². The zero-order valence-electron chi connectivity index (χ0n) is 22.4. The quantitative estimate of drug-likeness (QED) is 0.275. The number of fused-ring (bicyclic) bond motifs is 1. The Bertz CT molecular complexity index is 1600. The number of rotatable bonds is 11. The molecule has 0 aliphatic carbocycles. The highest BCUT2D eigenvalue weighted by molar-refractivity contribution is 5.83. The number of nitrogens with zero attached hydrogens (tertiary/aromatic N) is 5. The van der Waals surface area contributed by atoms with E-state index in [4.69, 9.17) is 9.47 Å². The lowest BCUT2D eigenvalue weighted by Crippen LogP contribution is -2.28. The molecule has 9 nitrogen and oxygen atoms in total. The summed E-state index contributed by atoms with van der Waals surface area (Å²) in [5.41, 5.74) is 4.76. The van der Waals surface area contributed by atoms with Gasteiger partial charge in [0.2, 0.25) is 0 Å². The van der Waals surface area contributed by atoms with E-state index in [0.717, 1.165) is 23.2 Å². The van der Waals surface area contributed by atoms with E-state index < -0.39 is 0 Å². The lowest BCUT2D eigenvalue weighted by atomic mass is 10.1. The minimum atomic E-state index is -0.146. The molecule has 2 aromatic heterocycles. The molecule has 0 unspecified atom stereocenters. The number of benzene rings is 3. The Balaban J connectivity index is 1.42. The van der Waals surface area contributed by atoms with Crippen LogP contribution in [0.4, 0.5) is 0 Å². The molecule has 2 heterocycles. The molecule has 0 aliphatic rings. The third-order valence-corrected chi connectivity index (χ3v) is 6.77. The number of tetrazole rings is 1. The molecule has 0 aliphatic heterocycles. The number of aromatic amines is 1. The van der Waals surface area contributed by atoms with Crippen molar-refractivity contribution in [2.75, 3.05) is 14.2 Å². The lowest BCUT2D eigenvalue weighted by Gasteiger charge is -2.22. The third kappa shape index (κ3) is 6.32. The van der Waals surface area contributed by atoms with Crippen LogP contribution in [0.25, 0.3) is 10.9 Å². The van der Waals surface area contributed by atoms with Gasteiger partial charge in [0, 0.05) is 36.7 Å². The van der Waals surface area contributed by atoms with Gasteiger partial charge in [-0.2, -0.15) is 0 Å². The average molecular weight is 525 g/mol. The van der Waals surface area contributed by atoms with Crippen LogP contribution in [0, 0.1) is 6.92 Å². The van der Waals surface area contributed by atoms with Crippen LogP contribution < -0.4 is 15.0 Å². The standard InChI is InChI=1S/C30H32N6O3/c1-21-9-11-23(12-10-21)18-35(20-29-32-33-34-36(29)14-13-22-7-5-4-6-8-22)19-25-15-24-16-27(38-2)28(39-3)17-26(24)31-30(25)37/h4-12,15-17H,13-14,18-20H2,1-3H3,(H,31,37). The predicted molar refractivity (Wildman–Crippen MR) is 150 cm³/mol. The number of pyridine rings is 1. The van der Waals surface area contributed by atoms with E-state index in [1.165, 1.54) is 11.1 Å². The molecule has 39 heavy (non-hydrogen) atoms. The maximum atomic E-state index is 13.1. The Morgan fingerprint density at radius 1 is 0.872 bits per heavy atom. The molecule has 0 saturated heterocycles. The summed E-state index contributed by atoms with van der Waals surface area (Å²) in [6.45, 7) is 4.27. The monoisotopic (exact) mass is 524 g/mol. The Labute approximate surface area is 227 Å². The summed E-state index contributed by atoms with van der Waals surface area (Å²) in [7, 11) is 3.17.